The Morgan fingerprint density at radius 3 is 2.82 bits per heavy atom. The predicted molar refractivity (Wildman–Crippen MR) is 58.8 cm³/mol. The first-order chi connectivity index (χ1) is 8.06. The molecule has 1 aromatic heterocycles. The zero-order chi connectivity index (χ0) is 12.4. The molecule has 1 aromatic carbocycles. The van der Waals surface area contributed by atoms with Crippen LogP contribution < -0.4 is 0 Å². The number of aromatic nitrogens is 1. The van der Waals surface area contributed by atoms with Gasteiger partial charge in [0.2, 0.25) is 0 Å². The predicted octanol–water partition coefficient (Wildman–Crippen LogP) is 2.72. The fourth-order valence-corrected chi connectivity index (χ4v) is 2.13. The second-order valence-electron chi connectivity index (χ2n) is 3.32. The molecular weight excluding hydrogens is 248 g/mol. The first-order valence-electron chi connectivity index (χ1n) is 4.68. The van der Waals surface area contributed by atoms with Crippen LogP contribution in [0.15, 0.2) is 23.6 Å². The van der Waals surface area contributed by atoms with Crippen LogP contribution in [0.1, 0.15) is 5.01 Å². The van der Waals surface area contributed by atoms with Gasteiger partial charge in [0, 0.05) is 17.0 Å². The lowest BCUT2D eigenvalue weighted by Gasteiger charge is -1.98. The van der Waals surface area contributed by atoms with Crippen LogP contribution in [-0.2, 0) is 11.2 Å². The molecule has 0 saturated heterocycles. The van der Waals surface area contributed by atoms with E-state index < -0.39 is 17.6 Å². The average Bonchev–Trinajstić information content (AvgIpc) is 2.65. The molecule has 0 spiro atoms. The minimum atomic E-state index is -0.995. The van der Waals surface area contributed by atoms with Gasteiger partial charge in [-0.05, 0) is 12.1 Å². The van der Waals surface area contributed by atoms with Gasteiger partial charge in [-0.15, -0.1) is 11.3 Å². The van der Waals surface area contributed by atoms with Crippen LogP contribution in [-0.4, -0.2) is 16.1 Å². The first-order valence-corrected chi connectivity index (χ1v) is 5.56. The number of rotatable bonds is 3. The van der Waals surface area contributed by atoms with Crippen LogP contribution in [0, 0.1) is 11.6 Å². The maximum Gasteiger partial charge on any atom is 0.310 e. The SMILES string of the molecule is O=C(O)Cc1nc(-c2ccc(F)cc2F)cs1. The Labute approximate surface area is 99.4 Å². The van der Waals surface area contributed by atoms with Crippen molar-refractivity contribution < 1.29 is 18.7 Å². The molecule has 17 heavy (non-hydrogen) atoms. The number of benzene rings is 1. The van der Waals surface area contributed by atoms with Crippen molar-refractivity contribution in [3.8, 4) is 11.3 Å². The molecule has 6 heteroatoms. The van der Waals surface area contributed by atoms with E-state index in [0.29, 0.717) is 10.7 Å². The van der Waals surface area contributed by atoms with Crippen LogP contribution in [0.25, 0.3) is 11.3 Å². The first kappa shape index (κ1) is 11.7. The molecule has 1 heterocycles. The number of hydrogen-bond donors (Lipinski definition) is 1. The van der Waals surface area contributed by atoms with E-state index in [-0.39, 0.29) is 12.0 Å². The minimum Gasteiger partial charge on any atom is -0.481 e. The highest BCUT2D eigenvalue weighted by Crippen LogP contribution is 2.25. The summed E-state index contributed by atoms with van der Waals surface area (Å²) in [4.78, 5) is 14.5. The minimum absolute atomic E-state index is 0.166. The number of aliphatic carboxylic acids is 1. The van der Waals surface area contributed by atoms with Crippen LogP contribution in [0.2, 0.25) is 0 Å². The van der Waals surface area contributed by atoms with E-state index in [2.05, 4.69) is 4.98 Å². The lowest BCUT2D eigenvalue weighted by Crippen LogP contribution is -1.99. The van der Waals surface area contributed by atoms with E-state index >= 15 is 0 Å². The number of carbonyl (C=O) groups is 1. The Bertz CT molecular complexity index is 568. The Balaban J connectivity index is 2.33. The van der Waals surface area contributed by atoms with Gasteiger partial charge in [-0.3, -0.25) is 4.79 Å². The van der Waals surface area contributed by atoms with Gasteiger partial charge in [0.1, 0.15) is 16.6 Å². The topological polar surface area (TPSA) is 50.2 Å². The van der Waals surface area contributed by atoms with Gasteiger partial charge in [-0.1, -0.05) is 0 Å². The molecule has 88 valence electrons. The number of thiazole rings is 1. The number of carboxylic acid groups (broad SMARTS) is 1. The van der Waals surface area contributed by atoms with Crippen LogP contribution >= 0.6 is 11.3 Å². The summed E-state index contributed by atoms with van der Waals surface area (Å²) in [5, 5.41) is 10.5. The van der Waals surface area contributed by atoms with Crippen molar-refractivity contribution in [2.75, 3.05) is 0 Å². The number of halogens is 2. The summed E-state index contributed by atoms with van der Waals surface area (Å²) in [6, 6.07) is 3.18. The Morgan fingerprint density at radius 1 is 1.41 bits per heavy atom. The largest absolute Gasteiger partial charge is 0.481 e. The molecule has 1 N–H and O–H groups in total. The van der Waals surface area contributed by atoms with E-state index in [4.69, 9.17) is 5.11 Å². The highest BCUT2D eigenvalue weighted by molar-refractivity contribution is 7.10. The number of hydrogen-bond acceptors (Lipinski definition) is 3. The summed E-state index contributed by atoms with van der Waals surface area (Å²) in [5.74, 6) is -2.37. The number of carboxylic acids is 1. The Morgan fingerprint density at radius 2 is 2.18 bits per heavy atom. The van der Waals surface area contributed by atoms with Gasteiger partial charge in [-0.2, -0.15) is 0 Å². The summed E-state index contributed by atoms with van der Waals surface area (Å²) in [6.45, 7) is 0. The fourth-order valence-electron chi connectivity index (χ4n) is 1.34. The third kappa shape index (κ3) is 2.65. The van der Waals surface area contributed by atoms with Gasteiger partial charge < -0.3 is 5.11 Å². The highest BCUT2D eigenvalue weighted by Gasteiger charge is 2.11. The van der Waals surface area contributed by atoms with E-state index in [1.807, 2.05) is 0 Å². The molecule has 0 saturated carbocycles. The van der Waals surface area contributed by atoms with E-state index in [1.54, 1.807) is 5.38 Å². The van der Waals surface area contributed by atoms with Crippen molar-refractivity contribution >= 4 is 17.3 Å². The second kappa shape index (κ2) is 4.58. The van der Waals surface area contributed by atoms with Gasteiger partial charge in [-0.25, -0.2) is 13.8 Å². The zero-order valence-electron chi connectivity index (χ0n) is 8.48. The maximum atomic E-state index is 13.4. The van der Waals surface area contributed by atoms with Crippen LogP contribution in [0.5, 0.6) is 0 Å². The van der Waals surface area contributed by atoms with E-state index in [1.165, 1.54) is 6.07 Å². The fraction of sp³-hybridized carbons (Fsp3) is 0.0909. The third-order valence-electron chi connectivity index (χ3n) is 2.06. The van der Waals surface area contributed by atoms with Crippen molar-refractivity contribution in [3.05, 3.63) is 40.2 Å². The molecular formula is C11H7F2NO2S. The van der Waals surface area contributed by atoms with Gasteiger partial charge >= 0.3 is 5.97 Å². The summed E-state index contributed by atoms with van der Waals surface area (Å²) in [6.07, 6.45) is -0.201. The summed E-state index contributed by atoms with van der Waals surface area (Å²) in [7, 11) is 0. The van der Waals surface area contributed by atoms with Crippen molar-refractivity contribution in [3.63, 3.8) is 0 Å². The monoisotopic (exact) mass is 255 g/mol. The van der Waals surface area contributed by atoms with E-state index in [9.17, 15) is 13.6 Å². The molecule has 0 radical (unpaired) electrons. The number of nitrogens with zero attached hydrogens (tertiary/aromatic N) is 1. The van der Waals surface area contributed by atoms with Crippen molar-refractivity contribution in [2.45, 2.75) is 6.42 Å². The van der Waals surface area contributed by atoms with Gasteiger partial charge in [0.25, 0.3) is 0 Å². The van der Waals surface area contributed by atoms with Crippen molar-refractivity contribution in [2.24, 2.45) is 0 Å². The van der Waals surface area contributed by atoms with Crippen LogP contribution in [0.3, 0.4) is 0 Å². The lowest BCUT2D eigenvalue weighted by atomic mass is 10.1. The van der Waals surface area contributed by atoms with Crippen molar-refractivity contribution in [1.82, 2.24) is 4.98 Å². The molecule has 0 fully saturated rings. The van der Waals surface area contributed by atoms with Gasteiger partial charge in [0.15, 0.2) is 0 Å². The van der Waals surface area contributed by atoms with E-state index in [0.717, 1.165) is 23.5 Å². The quantitative estimate of drug-likeness (QED) is 0.917. The second-order valence-corrected chi connectivity index (χ2v) is 4.26. The highest BCUT2D eigenvalue weighted by atomic mass is 32.1. The van der Waals surface area contributed by atoms with Gasteiger partial charge in [0.05, 0.1) is 12.1 Å². The molecule has 0 amide bonds. The molecule has 0 aliphatic carbocycles. The van der Waals surface area contributed by atoms with Crippen LogP contribution in [0.4, 0.5) is 8.78 Å². The molecule has 3 nitrogen and oxygen atoms in total. The molecule has 0 aliphatic rings. The summed E-state index contributed by atoms with van der Waals surface area (Å²) in [5.41, 5.74) is 0.489. The Hall–Kier alpha value is -1.82. The summed E-state index contributed by atoms with van der Waals surface area (Å²) < 4.78 is 26.1. The molecule has 0 unspecified atom stereocenters. The standard InChI is InChI=1S/C11H7F2NO2S/c12-6-1-2-7(8(13)3-6)9-5-17-10(14-9)4-11(15)16/h1-3,5H,4H2,(H,15,16). The summed E-state index contributed by atoms with van der Waals surface area (Å²) >= 11 is 1.13. The normalized spacial score (nSPS) is 10.5. The third-order valence-corrected chi connectivity index (χ3v) is 2.91. The Kier molecular flexibility index (Phi) is 3.14. The maximum absolute atomic E-state index is 13.4. The molecule has 2 aromatic rings. The smallest absolute Gasteiger partial charge is 0.310 e. The molecule has 0 atom stereocenters. The average molecular weight is 255 g/mol. The van der Waals surface area contributed by atoms with Crippen molar-refractivity contribution in [1.29, 1.82) is 0 Å². The molecule has 0 bridgehead atoms. The lowest BCUT2D eigenvalue weighted by molar-refractivity contribution is -0.136. The molecule has 0 aliphatic heterocycles. The molecule has 2 rings (SSSR count). The zero-order valence-corrected chi connectivity index (χ0v) is 9.30.